The average Bonchev–Trinajstić information content (AvgIpc) is 3.46. The normalized spacial score (nSPS) is 30.0. The monoisotopic (exact) mass is 379 g/mol. The number of primary amides is 1. The summed E-state index contributed by atoms with van der Waals surface area (Å²) in [5.41, 5.74) is 6.85. The van der Waals surface area contributed by atoms with E-state index in [9.17, 15) is 9.59 Å². The van der Waals surface area contributed by atoms with Crippen molar-refractivity contribution in [3.05, 3.63) is 23.3 Å². The highest BCUT2D eigenvalue weighted by Crippen LogP contribution is 2.54. The molecule has 3 aliphatic heterocycles. The summed E-state index contributed by atoms with van der Waals surface area (Å²) in [5.74, 6) is -1.67. The van der Waals surface area contributed by atoms with E-state index in [1.165, 1.54) is 21.3 Å². The second-order valence-corrected chi connectivity index (χ2v) is 6.61. The highest BCUT2D eigenvalue weighted by atomic mass is 16.8. The molecule has 27 heavy (non-hydrogen) atoms. The van der Waals surface area contributed by atoms with Crippen LogP contribution in [-0.2, 0) is 19.0 Å². The maximum absolute atomic E-state index is 12.1. The molecule has 1 amide bonds. The van der Waals surface area contributed by atoms with Crippen LogP contribution in [0.2, 0.25) is 0 Å². The largest absolute Gasteiger partial charge is 0.496 e. The number of hydroxylamine groups is 1. The van der Waals surface area contributed by atoms with Crippen molar-refractivity contribution in [3.63, 3.8) is 0 Å². The molecule has 2 saturated heterocycles. The lowest BCUT2D eigenvalue weighted by atomic mass is 9.82. The fourth-order valence-electron chi connectivity index (χ4n) is 4.05. The number of carbonyl (C=O) groups excluding carboxylic acids is 2. The molecular weight excluding hydrogens is 358 g/mol. The second-order valence-electron chi connectivity index (χ2n) is 6.61. The van der Waals surface area contributed by atoms with Crippen molar-refractivity contribution >= 4 is 17.7 Å². The van der Waals surface area contributed by atoms with Gasteiger partial charge in [0.2, 0.25) is 5.79 Å². The number of esters is 1. The molecule has 4 rings (SSSR count). The number of fused-ring (bicyclic) bond motifs is 6. The van der Waals surface area contributed by atoms with E-state index >= 15 is 0 Å². The van der Waals surface area contributed by atoms with E-state index in [2.05, 4.69) is 5.32 Å². The van der Waals surface area contributed by atoms with Gasteiger partial charge in [-0.15, -0.1) is 0 Å². The Kier molecular flexibility index (Phi) is 4.13. The van der Waals surface area contributed by atoms with E-state index < -0.39 is 23.8 Å². The van der Waals surface area contributed by atoms with Crippen molar-refractivity contribution in [2.75, 3.05) is 39.5 Å². The number of nitrogens with one attached hydrogen (secondary N) is 1. The van der Waals surface area contributed by atoms with Gasteiger partial charge in [-0.25, -0.2) is 19.5 Å². The zero-order chi connectivity index (χ0) is 19.3. The number of amides is 1. The lowest BCUT2D eigenvalue weighted by Crippen LogP contribution is -2.60. The Morgan fingerprint density at radius 1 is 1.37 bits per heavy atom. The third-order valence-corrected chi connectivity index (χ3v) is 5.31. The summed E-state index contributed by atoms with van der Waals surface area (Å²) in [4.78, 5) is 29.5. The Labute approximate surface area is 155 Å². The van der Waals surface area contributed by atoms with Crippen molar-refractivity contribution in [1.82, 2.24) is 5.32 Å². The van der Waals surface area contributed by atoms with E-state index in [0.717, 1.165) is 0 Å². The van der Waals surface area contributed by atoms with Crippen molar-refractivity contribution in [2.24, 2.45) is 5.73 Å². The summed E-state index contributed by atoms with van der Waals surface area (Å²) in [6, 6.07) is 3.34. The van der Waals surface area contributed by atoms with E-state index in [0.29, 0.717) is 29.1 Å². The van der Waals surface area contributed by atoms with Crippen LogP contribution in [0.25, 0.3) is 0 Å². The van der Waals surface area contributed by atoms with Gasteiger partial charge >= 0.3 is 12.1 Å². The Bertz CT molecular complexity index is 801. The highest BCUT2D eigenvalue weighted by molar-refractivity contribution is 5.92. The van der Waals surface area contributed by atoms with Gasteiger partial charge in [0.25, 0.3) is 0 Å². The SMILES string of the molecule is COC(=O)c1cc(OC)c2c(c1)N1C[C@@H]3N[C@@H]3[C@](OC)(O1)[C@H]2COC(N)=O. The van der Waals surface area contributed by atoms with Crippen LogP contribution in [0.5, 0.6) is 5.75 Å². The molecule has 10 heteroatoms. The number of nitrogens with zero attached hydrogens (tertiary/aromatic N) is 1. The summed E-state index contributed by atoms with van der Waals surface area (Å²) in [5, 5.41) is 5.01. The maximum atomic E-state index is 12.1. The molecule has 2 fully saturated rings. The van der Waals surface area contributed by atoms with Crippen LogP contribution in [0.4, 0.5) is 10.5 Å². The van der Waals surface area contributed by atoms with Crippen LogP contribution in [0, 0.1) is 0 Å². The first kappa shape index (κ1) is 17.8. The van der Waals surface area contributed by atoms with Crippen molar-refractivity contribution in [1.29, 1.82) is 0 Å². The topological polar surface area (TPSA) is 131 Å². The molecule has 1 aromatic carbocycles. The summed E-state index contributed by atoms with van der Waals surface area (Å²) in [6.07, 6.45) is -0.897. The minimum absolute atomic E-state index is 0.0666. The lowest BCUT2D eigenvalue weighted by molar-refractivity contribution is -0.263. The molecule has 10 nitrogen and oxygen atoms in total. The Balaban J connectivity index is 1.88. The van der Waals surface area contributed by atoms with Gasteiger partial charge in [0.05, 0.1) is 44.0 Å². The highest BCUT2D eigenvalue weighted by Gasteiger charge is 2.67. The summed E-state index contributed by atoms with van der Waals surface area (Å²) in [6.45, 7) is 0.503. The number of ether oxygens (including phenoxy) is 4. The van der Waals surface area contributed by atoms with E-state index in [1.807, 2.05) is 0 Å². The van der Waals surface area contributed by atoms with Crippen LogP contribution < -0.4 is 20.9 Å². The smallest absolute Gasteiger partial charge is 0.404 e. The van der Waals surface area contributed by atoms with Gasteiger partial charge in [-0.3, -0.25) is 0 Å². The lowest BCUT2D eigenvalue weighted by Gasteiger charge is -2.49. The summed E-state index contributed by atoms with van der Waals surface area (Å²) < 4.78 is 21.3. The number of methoxy groups -OCH3 is 3. The minimum Gasteiger partial charge on any atom is -0.496 e. The Hall–Kier alpha value is -2.56. The van der Waals surface area contributed by atoms with Gasteiger partial charge < -0.3 is 30.0 Å². The molecule has 0 saturated carbocycles. The standard InChI is InChI=1S/C17H21N3O7/c1-23-12-5-8(15(21)24-2)4-11-13(12)9(7-26-16(18)22)17(25-3)14-10(19-14)6-20(11)27-17/h4-5,9-10,14,19H,6-7H2,1-3H3,(H2,18,22)/t9-,10-,14-,17+/m0/s1. The first-order chi connectivity index (χ1) is 12.9. The first-order valence-electron chi connectivity index (χ1n) is 8.45. The van der Waals surface area contributed by atoms with Gasteiger partial charge in [-0.05, 0) is 12.1 Å². The van der Waals surface area contributed by atoms with Crippen LogP contribution >= 0.6 is 0 Å². The van der Waals surface area contributed by atoms with Gasteiger partial charge in [0, 0.05) is 18.7 Å². The van der Waals surface area contributed by atoms with Crippen LogP contribution in [0.3, 0.4) is 0 Å². The number of carbonyl (C=O) groups is 2. The number of benzene rings is 1. The molecule has 146 valence electrons. The van der Waals surface area contributed by atoms with E-state index in [-0.39, 0.29) is 18.7 Å². The van der Waals surface area contributed by atoms with Gasteiger partial charge in [-0.2, -0.15) is 0 Å². The second kappa shape index (κ2) is 6.25. The zero-order valence-corrected chi connectivity index (χ0v) is 15.2. The van der Waals surface area contributed by atoms with Gasteiger partial charge in [0.1, 0.15) is 12.4 Å². The minimum atomic E-state index is -1.09. The number of nitrogens with two attached hydrogens (primary N) is 1. The average molecular weight is 379 g/mol. The molecule has 3 aliphatic rings. The van der Waals surface area contributed by atoms with E-state index in [4.69, 9.17) is 29.5 Å². The molecule has 0 aromatic heterocycles. The Morgan fingerprint density at radius 3 is 2.78 bits per heavy atom. The predicted octanol–water partition coefficient (Wildman–Crippen LogP) is 0.109. The summed E-state index contributed by atoms with van der Waals surface area (Å²) >= 11 is 0. The molecule has 2 bridgehead atoms. The van der Waals surface area contributed by atoms with Crippen molar-refractivity contribution in [3.8, 4) is 5.75 Å². The van der Waals surface area contributed by atoms with Crippen LogP contribution in [0.15, 0.2) is 12.1 Å². The van der Waals surface area contributed by atoms with Crippen molar-refractivity contribution in [2.45, 2.75) is 23.8 Å². The zero-order valence-electron chi connectivity index (χ0n) is 15.2. The third-order valence-electron chi connectivity index (χ3n) is 5.31. The maximum Gasteiger partial charge on any atom is 0.404 e. The molecule has 3 N–H and O–H groups in total. The number of hydrogen-bond donors (Lipinski definition) is 2. The molecule has 0 aliphatic carbocycles. The fraction of sp³-hybridized carbons (Fsp3) is 0.529. The van der Waals surface area contributed by atoms with Crippen LogP contribution in [-0.4, -0.2) is 64.4 Å². The number of anilines is 1. The van der Waals surface area contributed by atoms with E-state index in [1.54, 1.807) is 17.2 Å². The molecule has 1 aromatic rings. The molecule has 4 atom stereocenters. The molecule has 3 heterocycles. The van der Waals surface area contributed by atoms with Gasteiger partial charge in [-0.1, -0.05) is 0 Å². The summed E-state index contributed by atoms with van der Waals surface area (Å²) in [7, 11) is 4.35. The quantitative estimate of drug-likeness (QED) is 0.540. The van der Waals surface area contributed by atoms with Crippen LogP contribution in [0.1, 0.15) is 21.8 Å². The fourth-order valence-corrected chi connectivity index (χ4v) is 4.05. The number of rotatable bonds is 5. The van der Waals surface area contributed by atoms with Gasteiger partial charge in [0.15, 0.2) is 0 Å². The molecular formula is C17H21N3O7. The van der Waals surface area contributed by atoms with Crippen molar-refractivity contribution < 1.29 is 33.4 Å². The third kappa shape index (κ3) is 2.59. The molecule has 0 spiro atoms. The Morgan fingerprint density at radius 2 is 2.15 bits per heavy atom. The molecule has 0 unspecified atom stereocenters. The molecule has 0 radical (unpaired) electrons. The first-order valence-corrected chi connectivity index (χ1v) is 8.45. The number of hydrogen-bond acceptors (Lipinski definition) is 9. The predicted molar refractivity (Wildman–Crippen MR) is 91.5 cm³/mol.